The van der Waals surface area contributed by atoms with Crippen LogP contribution >= 0.6 is 17.2 Å². The summed E-state index contributed by atoms with van der Waals surface area (Å²) < 4.78 is 3.60. The summed E-state index contributed by atoms with van der Waals surface area (Å²) in [6, 6.07) is 8.52. The van der Waals surface area contributed by atoms with E-state index in [1.165, 1.54) is 99.3 Å². The van der Waals surface area contributed by atoms with E-state index in [0.29, 0.717) is 17.4 Å². The van der Waals surface area contributed by atoms with Crippen LogP contribution in [0.1, 0.15) is 178 Å². The molecule has 276 valence electrons. The minimum absolute atomic E-state index is 0.0728. The van der Waals surface area contributed by atoms with E-state index in [1.807, 2.05) is 12.1 Å². The van der Waals surface area contributed by atoms with Gasteiger partial charge in [-0.3, -0.25) is 0 Å². The van der Waals surface area contributed by atoms with Gasteiger partial charge in [0.2, 0.25) is 0 Å². The standard InChI is InChI=1S/C39H64O2.H4O5P2/c1-10-11-12-13-14-15-16-17-18-19-20-22-31(33-28-35(39(7,8)9)37(41)26-30(33)3)23-21-24-32-27-34(38(4,5)6)36(40)25-29(32)2;1-6(2)5-7(3)4/h25-28,31,40-41H,10-24H2,1-9H3;1-4H. The smallest absolute Gasteiger partial charge is 0.334 e. The van der Waals surface area contributed by atoms with E-state index in [9.17, 15) is 10.2 Å². The molecule has 0 heterocycles. The normalized spacial score (nSPS) is 12.8. The van der Waals surface area contributed by atoms with Crippen molar-refractivity contribution in [3.8, 4) is 11.5 Å². The topological polar surface area (TPSA) is 131 Å². The lowest BCUT2D eigenvalue weighted by Gasteiger charge is -2.26. The summed E-state index contributed by atoms with van der Waals surface area (Å²) >= 11 is 0. The molecule has 0 bridgehead atoms. The Morgan fingerprint density at radius 3 is 1.44 bits per heavy atom. The molecule has 0 aliphatic rings. The predicted octanol–water partition coefficient (Wildman–Crippen LogP) is 11.5. The number of aromatic hydroxyl groups is 2. The second-order valence-electron chi connectivity index (χ2n) is 15.5. The Morgan fingerprint density at radius 2 is 1.00 bits per heavy atom. The van der Waals surface area contributed by atoms with Crippen molar-refractivity contribution in [2.24, 2.45) is 0 Å². The highest BCUT2D eigenvalue weighted by Crippen LogP contribution is 2.42. The van der Waals surface area contributed by atoms with Crippen molar-refractivity contribution in [2.45, 2.75) is 175 Å². The van der Waals surface area contributed by atoms with E-state index >= 15 is 0 Å². The maximum absolute atomic E-state index is 10.8. The molecule has 2 aromatic carbocycles. The van der Waals surface area contributed by atoms with Crippen LogP contribution in [0.2, 0.25) is 0 Å². The van der Waals surface area contributed by atoms with Crippen molar-refractivity contribution in [3.05, 3.63) is 57.6 Å². The van der Waals surface area contributed by atoms with Gasteiger partial charge in [-0.05, 0) is 102 Å². The molecule has 0 aliphatic carbocycles. The van der Waals surface area contributed by atoms with E-state index in [4.69, 9.17) is 19.6 Å². The molecule has 9 heteroatoms. The summed E-state index contributed by atoms with van der Waals surface area (Å²) in [6.45, 7) is 19.7. The summed E-state index contributed by atoms with van der Waals surface area (Å²) in [6.07, 6.45) is 19.6. The van der Waals surface area contributed by atoms with Crippen molar-refractivity contribution in [1.82, 2.24) is 0 Å². The molecule has 0 spiro atoms. The first-order valence-corrected chi connectivity index (χ1v) is 20.4. The maximum Gasteiger partial charge on any atom is 0.334 e. The molecule has 48 heavy (non-hydrogen) atoms. The van der Waals surface area contributed by atoms with Crippen LogP contribution in [0.3, 0.4) is 0 Å². The molecule has 2 aromatic rings. The summed E-state index contributed by atoms with van der Waals surface area (Å²) in [5, 5.41) is 21.3. The Bertz CT molecular complexity index is 1180. The highest BCUT2D eigenvalue weighted by Gasteiger charge is 2.23. The molecule has 0 radical (unpaired) electrons. The molecule has 0 aliphatic heterocycles. The average Bonchev–Trinajstić information content (AvgIpc) is 2.94. The monoisotopic (exact) mass is 710 g/mol. The first kappa shape index (κ1) is 44.7. The number of phenols is 2. The van der Waals surface area contributed by atoms with Crippen LogP contribution in [0.25, 0.3) is 0 Å². The van der Waals surface area contributed by atoms with Crippen LogP contribution < -0.4 is 0 Å². The lowest BCUT2D eigenvalue weighted by atomic mass is 9.79. The fourth-order valence-corrected chi connectivity index (χ4v) is 6.99. The Labute approximate surface area is 295 Å². The molecule has 0 fully saturated rings. The number of rotatable bonds is 19. The van der Waals surface area contributed by atoms with Crippen molar-refractivity contribution in [3.63, 3.8) is 0 Å². The van der Waals surface area contributed by atoms with Crippen LogP contribution in [-0.2, 0) is 21.6 Å². The van der Waals surface area contributed by atoms with Gasteiger partial charge in [-0.2, -0.15) is 0 Å². The van der Waals surface area contributed by atoms with E-state index in [1.54, 1.807) is 0 Å². The molecular formula is C39H68O7P2. The molecule has 7 nitrogen and oxygen atoms in total. The van der Waals surface area contributed by atoms with Gasteiger partial charge in [0.15, 0.2) is 0 Å². The van der Waals surface area contributed by atoms with Crippen LogP contribution in [-0.4, -0.2) is 29.8 Å². The molecule has 0 amide bonds. The number of hydrogen-bond donors (Lipinski definition) is 6. The second kappa shape index (κ2) is 22.5. The fraction of sp³-hybridized carbons (Fsp3) is 0.692. The Hall–Kier alpha value is -1.30. The lowest BCUT2D eigenvalue weighted by molar-refractivity contribution is 0.324. The zero-order valence-electron chi connectivity index (χ0n) is 31.5. The van der Waals surface area contributed by atoms with Crippen LogP contribution in [0.5, 0.6) is 11.5 Å². The molecule has 0 saturated carbocycles. The van der Waals surface area contributed by atoms with E-state index in [0.717, 1.165) is 30.4 Å². The summed E-state index contributed by atoms with van der Waals surface area (Å²) in [7, 11) is -5.22. The van der Waals surface area contributed by atoms with Crippen molar-refractivity contribution < 1.29 is 34.1 Å². The minimum Gasteiger partial charge on any atom is -0.508 e. The lowest BCUT2D eigenvalue weighted by Crippen LogP contribution is -2.14. The molecule has 0 aromatic heterocycles. The van der Waals surface area contributed by atoms with Crippen molar-refractivity contribution in [1.29, 1.82) is 0 Å². The van der Waals surface area contributed by atoms with Gasteiger partial charge in [0.1, 0.15) is 11.5 Å². The molecule has 2 rings (SSSR count). The molecule has 1 atom stereocenters. The number of phenolic OH excluding ortho intramolecular Hbond substituents is 2. The largest absolute Gasteiger partial charge is 0.508 e. The summed E-state index contributed by atoms with van der Waals surface area (Å²) in [5.74, 6) is 1.36. The second-order valence-corrected chi connectivity index (χ2v) is 17.2. The summed E-state index contributed by atoms with van der Waals surface area (Å²) in [4.78, 5) is 31.3. The predicted molar refractivity (Wildman–Crippen MR) is 204 cm³/mol. The third-order valence-corrected chi connectivity index (χ3v) is 10.4. The van der Waals surface area contributed by atoms with Gasteiger partial charge in [-0.1, -0.05) is 131 Å². The Kier molecular flexibility index (Phi) is 21.0. The first-order chi connectivity index (χ1) is 22.4. The number of benzene rings is 2. The van der Waals surface area contributed by atoms with Gasteiger partial charge in [0, 0.05) is 0 Å². The van der Waals surface area contributed by atoms with Crippen molar-refractivity contribution in [2.75, 3.05) is 0 Å². The van der Waals surface area contributed by atoms with Crippen LogP contribution in [0, 0.1) is 13.8 Å². The third kappa shape index (κ3) is 17.6. The van der Waals surface area contributed by atoms with Gasteiger partial charge < -0.3 is 29.8 Å². The highest BCUT2D eigenvalue weighted by molar-refractivity contribution is 7.53. The number of aryl methyl sites for hydroxylation is 3. The number of hydrogen-bond acceptors (Lipinski definition) is 7. The quantitative estimate of drug-likeness (QED) is 0.0632. The van der Waals surface area contributed by atoms with E-state index in [-0.39, 0.29) is 10.8 Å². The van der Waals surface area contributed by atoms with E-state index < -0.39 is 17.2 Å². The van der Waals surface area contributed by atoms with Gasteiger partial charge in [-0.25, -0.2) is 4.31 Å². The van der Waals surface area contributed by atoms with Crippen molar-refractivity contribution >= 4 is 17.2 Å². The maximum atomic E-state index is 10.8. The molecular weight excluding hydrogens is 642 g/mol. The van der Waals surface area contributed by atoms with Crippen LogP contribution in [0.15, 0.2) is 24.3 Å². The molecule has 1 unspecified atom stereocenters. The first-order valence-electron chi connectivity index (χ1n) is 18.1. The minimum atomic E-state index is -2.61. The molecule has 6 N–H and O–H groups in total. The third-order valence-electron chi connectivity index (χ3n) is 9.20. The molecule has 0 saturated heterocycles. The van der Waals surface area contributed by atoms with Gasteiger partial charge >= 0.3 is 17.2 Å². The average molecular weight is 711 g/mol. The zero-order chi connectivity index (χ0) is 36.5. The van der Waals surface area contributed by atoms with Gasteiger partial charge in [0.25, 0.3) is 0 Å². The Balaban J connectivity index is 0.00000148. The zero-order valence-corrected chi connectivity index (χ0v) is 33.3. The van der Waals surface area contributed by atoms with Crippen LogP contribution in [0.4, 0.5) is 0 Å². The van der Waals surface area contributed by atoms with Gasteiger partial charge in [0.05, 0.1) is 0 Å². The number of unbranched alkanes of at least 4 members (excludes halogenated alkanes) is 10. The summed E-state index contributed by atoms with van der Waals surface area (Å²) in [5.41, 5.74) is 7.15. The van der Waals surface area contributed by atoms with E-state index in [2.05, 4.69) is 78.8 Å². The SMILES string of the molecule is CCCCCCCCCCCCCC(CCCc1cc(C(C)(C)C)c(O)cc1C)c1cc(C(C)(C)C)c(O)cc1C.OP(O)OP(O)O. The highest BCUT2D eigenvalue weighted by atomic mass is 31.2. The van der Waals surface area contributed by atoms with Gasteiger partial charge in [-0.15, -0.1) is 0 Å². The fourth-order valence-electron chi connectivity index (χ4n) is 6.47. The Morgan fingerprint density at radius 1 is 0.583 bits per heavy atom.